The van der Waals surface area contributed by atoms with E-state index < -0.39 is 0 Å². The van der Waals surface area contributed by atoms with Gasteiger partial charge in [0, 0.05) is 6.54 Å². The maximum Gasteiger partial charge on any atom is 0.230 e. The van der Waals surface area contributed by atoms with Crippen LogP contribution in [0.3, 0.4) is 0 Å². The minimum atomic E-state index is -0.247. The summed E-state index contributed by atoms with van der Waals surface area (Å²) in [6.45, 7) is 2.98. The second kappa shape index (κ2) is 7.28. The monoisotopic (exact) mass is 308 g/mol. The third-order valence-corrected chi connectivity index (χ3v) is 4.92. The highest BCUT2D eigenvalue weighted by molar-refractivity contribution is 5.89. The fourth-order valence-electron chi connectivity index (χ4n) is 3.44. The molecule has 1 saturated heterocycles. The summed E-state index contributed by atoms with van der Waals surface area (Å²) in [5.41, 5.74) is 0.939. The summed E-state index contributed by atoms with van der Waals surface area (Å²) >= 11 is 0. The highest BCUT2D eigenvalue weighted by Crippen LogP contribution is 2.43. The first kappa shape index (κ1) is 16.3. The minimum Gasteiger partial charge on any atom is -0.355 e. The van der Waals surface area contributed by atoms with Gasteiger partial charge in [-0.1, -0.05) is 36.8 Å². The van der Waals surface area contributed by atoms with Crippen LogP contribution in [0, 0.1) is 5.92 Å². The van der Waals surface area contributed by atoms with Crippen molar-refractivity contribution in [3.8, 4) is 0 Å². The van der Waals surface area contributed by atoms with Gasteiger partial charge in [0.15, 0.2) is 0 Å². The predicted molar refractivity (Wildman–Crippen MR) is 87.8 cm³/mol. The number of rotatable bonds is 4. The van der Waals surface area contributed by atoms with Gasteiger partial charge in [-0.2, -0.15) is 0 Å². The fourth-order valence-corrected chi connectivity index (χ4v) is 3.44. The average Bonchev–Trinajstić information content (AvgIpc) is 2.46. The standard InChI is InChI=1S/C17H24N2O.ClH/c20-16(19-13-14-6-4-11-18-12-14)17(9-5-10-17)15-7-2-1-3-8-15;/h1-3,7-8,14,18H,4-6,9-13H2,(H,19,20);1H. The third kappa shape index (κ3) is 3.41. The topological polar surface area (TPSA) is 41.1 Å². The molecule has 4 heteroatoms. The predicted octanol–water partition coefficient (Wildman–Crippen LogP) is 2.65. The van der Waals surface area contributed by atoms with Gasteiger partial charge in [0.2, 0.25) is 5.91 Å². The molecule has 2 N–H and O–H groups in total. The van der Waals surface area contributed by atoms with E-state index >= 15 is 0 Å². The Hall–Kier alpha value is -1.06. The van der Waals surface area contributed by atoms with Gasteiger partial charge in [0.05, 0.1) is 5.41 Å². The summed E-state index contributed by atoms with van der Waals surface area (Å²) in [6, 6.07) is 10.3. The summed E-state index contributed by atoms with van der Waals surface area (Å²) in [6.07, 6.45) is 5.60. The fraction of sp³-hybridized carbons (Fsp3) is 0.588. The molecule has 1 aromatic rings. The first-order chi connectivity index (χ1) is 9.81. The largest absolute Gasteiger partial charge is 0.355 e. The molecule has 1 heterocycles. The van der Waals surface area contributed by atoms with Gasteiger partial charge in [-0.3, -0.25) is 4.79 Å². The highest BCUT2D eigenvalue weighted by Gasteiger charge is 2.45. The third-order valence-electron chi connectivity index (χ3n) is 4.92. The quantitative estimate of drug-likeness (QED) is 0.898. The molecule has 0 radical (unpaired) electrons. The smallest absolute Gasteiger partial charge is 0.230 e. The zero-order chi connectivity index (χ0) is 13.8. The number of carbonyl (C=O) groups excluding carboxylic acids is 1. The number of amides is 1. The Balaban J connectivity index is 0.00000161. The Morgan fingerprint density at radius 2 is 2.00 bits per heavy atom. The van der Waals surface area contributed by atoms with E-state index in [1.165, 1.54) is 18.4 Å². The van der Waals surface area contributed by atoms with Gasteiger partial charge in [-0.25, -0.2) is 0 Å². The summed E-state index contributed by atoms with van der Waals surface area (Å²) in [5.74, 6) is 0.834. The molecule has 1 aliphatic carbocycles. The second-order valence-electron chi connectivity index (χ2n) is 6.22. The Kier molecular flexibility index (Phi) is 5.65. The number of carbonyl (C=O) groups is 1. The van der Waals surface area contributed by atoms with Crippen LogP contribution in [0.4, 0.5) is 0 Å². The molecule has 0 aromatic heterocycles. The molecule has 1 amide bonds. The van der Waals surface area contributed by atoms with Crippen molar-refractivity contribution in [1.29, 1.82) is 0 Å². The maximum absolute atomic E-state index is 12.7. The van der Waals surface area contributed by atoms with Gasteiger partial charge in [0.25, 0.3) is 0 Å². The molecule has 0 spiro atoms. The van der Waals surface area contributed by atoms with Crippen LogP contribution in [0.5, 0.6) is 0 Å². The molecular formula is C17H25ClN2O. The van der Waals surface area contributed by atoms with Crippen molar-refractivity contribution >= 4 is 18.3 Å². The summed E-state index contributed by atoms with van der Waals surface area (Å²) < 4.78 is 0. The Bertz CT molecular complexity index is 453. The molecule has 1 aromatic carbocycles. The maximum atomic E-state index is 12.7. The molecule has 1 atom stereocenters. The lowest BCUT2D eigenvalue weighted by atomic mass is 9.64. The second-order valence-corrected chi connectivity index (χ2v) is 6.22. The van der Waals surface area contributed by atoms with E-state index in [0.717, 1.165) is 38.9 Å². The number of benzene rings is 1. The van der Waals surface area contributed by atoms with E-state index in [1.807, 2.05) is 18.2 Å². The van der Waals surface area contributed by atoms with E-state index in [4.69, 9.17) is 0 Å². The van der Waals surface area contributed by atoms with E-state index in [0.29, 0.717) is 5.92 Å². The molecule has 1 saturated carbocycles. The zero-order valence-corrected chi connectivity index (χ0v) is 13.3. The van der Waals surface area contributed by atoms with Gasteiger partial charge in [0.1, 0.15) is 0 Å². The summed E-state index contributed by atoms with van der Waals surface area (Å²) in [5, 5.41) is 6.62. The molecule has 116 valence electrons. The van der Waals surface area contributed by atoms with Crippen molar-refractivity contribution in [3.05, 3.63) is 35.9 Å². The molecule has 1 aliphatic heterocycles. The molecular weight excluding hydrogens is 284 g/mol. The van der Waals surface area contributed by atoms with Crippen molar-refractivity contribution < 1.29 is 4.79 Å². The minimum absolute atomic E-state index is 0. The van der Waals surface area contributed by atoms with Crippen molar-refractivity contribution in [2.45, 2.75) is 37.5 Å². The summed E-state index contributed by atoms with van der Waals surface area (Å²) in [4.78, 5) is 12.7. The number of halogens is 1. The normalized spacial score (nSPS) is 23.5. The van der Waals surface area contributed by atoms with Crippen LogP contribution in [0.15, 0.2) is 30.3 Å². The molecule has 2 aliphatic rings. The summed E-state index contributed by atoms with van der Waals surface area (Å²) in [7, 11) is 0. The molecule has 2 fully saturated rings. The van der Waals surface area contributed by atoms with Crippen LogP contribution >= 0.6 is 12.4 Å². The van der Waals surface area contributed by atoms with Gasteiger partial charge >= 0.3 is 0 Å². The van der Waals surface area contributed by atoms with Crippen LogP contribution in [-0.4, -0.2) is 25.5 Å². The van der Waals surface area contributed by atoms with Crippen LogP contribution in [0.1, 0.15) is 37.7 Å². The first-order valence-electron chi connectivity index (χ1n) is 7.86. The molecule has 0 bridgehead atoms. The zero-order valence-electron chi connectivity index (χ0n) is 12.4. The average molecular weight is 309 g/mol. The van der Waals surface area contributed by atoms with Crippen molar-refractivity contribution in [1.82, 2.24) is 10.6 Å². The Morgan fingerprint density at radius 3 is 2.57 bits per heavy atom. The number of nitrogens with one attached hydrogen (secondary N) is 2. The van der Waals surface area contributed by atoms with E-state index in [1.54, 1.807) is 0 Å². The Labute approximate surface area is 133 Å². The SMILES string of the molecule is Cl.O=C(NCC1CCCNC1)C1(c2ccccc2)CCC1. The van der Waals surface area contributed by atoms with Gasteiger partial charge < -0.3 is 10.6 Å². The Morgan fingerprint density at radius 1 is 1.24 bits per heavy atom. The lowest BCUT2D eigenvalue weighted by Gasteiger charge is -2.41. The molecule has 3 nitrogen and oxygen atoms in total. The molecule has 3 rings (SSSR count). The van der Waals surface area contributed by atoms with Crippen molar-refractivity contribution in [3.63, 3.8) is 0 Å². The highest BCUT2D eigenvalue weighted by atomic mass is 35.5. The van der Waals surface area contributed by atoms with Crippen LogP contribution < -0.4 is 10.6 Å². The van der Waals surface area contributed by atoms with Gasteiger partial charge in [-0.15, -0.1) is 12.4 Å². The van der Waals surface area contributed by atoms with Gasteiger partial charge in [-0.05, 0) is 50.3 Å². The van der Waals surface area contributed by atoms with Crippen molar-refractivity contribution in [2.24, 2.45) is 5.92 Å². The number of hydrogen-bond donors (Lipinski definition) is 2. The van der Waals surface area contributed by atoms with Crippen molar-refractivity contribution in [2.75, 3.05) is 19.6 Å². The molecule has 1 unspecified atom stereocenters. The first-order valence-corrected chi connectivity index (χ1v) is 7.86. The number of hydrogen-bond acceptors (Lipinski definition) is 2. The lowest BCUT2D eigenvalue weighted by molar-refractivity contribution is -0.130. The van der Waals surface area contributed by atoms with E-state index in [2.05, 4.69) is 22.8 Å². The van der Waals surface area contributed by atoms with E-state index in [9.17, 15) is 4.79 Å². The number of piperidine rings is 1. The van der Waals surface area contributed by atoms with Crippen LogP contribution in [-0.2, 0) is 10.2 Å². The van der Waals surface area contributed by atoms with Crippen LogP contribution in [0.2, 0.25) is 0 Å². The van der Waals surface area contributed by atoms with Crippen LogP contribution in [0.25, 0.3) is 0 Å². The molecule has 21 heavy (non-hydrogen) atoms. The van der Waals surface area contributed by atoms with E-state index in [-0.39, 0.29) is 23.7 Å². The lowest BCUT2D eigenvalue weighted by Crippen LogP contribution is -2.51.